The first-order valence-electron chi connectivity index (χ1n) is 5.57. The molecular weight excluding hydrogens is 230 g/mol. The van der Waals surface area contributed by atoms with Crippen molar-refractivity contribution in [3.63, 3.8) is 0 Å². The first kappa shape index (κ1) is 12.1. The van der Waals surface area contributed by atoms with E-state index in [0.717, 1.165) is 5.56 Å². The summed E-state index contributed by atoms with van der Waals surface area (Å²) < 4.78 is 5.70. The lowest BCUT2D eigenvalue weighted by Crippen LogP contribution is -1.96. The van der Waals surface area contributed by atoms with Gasteiger partial charge in [0.1, 0.15) is 11.5 Å². The van der Waals surface area contributed by atoms with Crippen LogP contribution in [0, 0.1) is 24.0 Å². The fourth-order valence-electron chi connectivity index (χ4n) is 1.71. The van der Waals surface area contributed by atoms with Gasteiger partial charge in [-0.3, -0.25) is 10.1 Å². The largest absolute Gasteiger partial charge is 0.457 e. The van der Waals surface area contributed by atoms with Gasteiger partial charge in [-0.05, 0) is 32.0 Å². The Labute approximate surface area is 105 Å². The third kappa shape index (κ3) is 2.32. The molecule has 4 nitrogen and oxygen atoms in total. The van der Waals surface area contributed by atoms with Crippen molar-refractivity contribution >= 4 is 5.69 Å². The van der Waals surface area contributed by atoms with Gasteiger partial charge >= 0.3 is 0 Å². The molecule has 2 aromatic rings. The third-order valence-corrected chi connectivity index (χ3v) is 2.88. The van der Waals surface area contributed by atoms with E-state index in [-0.39, 0.29) is 10.6 Å². The van der Waals surface area contributed by atoms with E-state index in [1.54, 1.807) is 13.0 Å². The van der Waals surface area contributed by atoms with Crippen LogP contribution in [0.4, 0.5) is 5.69 Å². The molecule has 0 fully saturated rings. The van der Waals surface area contributed by atoms with E-state index in [1.807, 2.05) is 37.3 Å². The monoisotopic (exact) mass is 243 g/mol. The zero-order chi connectivity index (χ0) is 13.1. The van der Waals surface area contributed by atoms with E-state index < -0.39 is 0 Å². The van der Waals surface area contributed by atoms with Crippen LogP contribution < -0.4 is 4.74 Å². The molecular formula is C14H13NO3. The van der Waals surface area contributed by atoms with Crippen LogP contribution in [0.25, 0.3) is 0 Å². The SMILES string of the molecule is Cc1c(Oc2ccccc2)ccc([N+](=O)[O-])c1C. The molecule has 0 heterocycles. The van der Waals surface area contributed by atoms with E-state index in [4.69, 9.17) is 4.74 Å². The molecule has 0 saturated heterocycles. The highest BCUT2D eigenvalue weighted by Crippen LogP contribution is 2.31. The lowest BCUT2D eigenvalue weighted by molar-refractivity contribution is -0.385. The number of ether oxygens (including phenoxy) is 1. The van der Waals surface area contributed by atoms with E-state index in [1.165, 1.54) is 6.07 Å². The summed E-state index contributed by atoms with van der Waals surface area (Å²) in [5.74, 6) is 1.36. The van der Waals surface area contributed by atoms with E-state index >= 15 is 0 Å². The molecule has 0 spiro atoms. The van der Waals surface area contributed by atoms with Crippen molar-refractivity contribution in [3.05, 3.63) is 63.7 Å². The molecule has 0 bridgehead atoms. The van der Waals surface area contributed by atoms with Crippen LogP contribution in [0.1, 0.15) is 11.1 Å². The van der Waals surface area contributed by atoms with Gasteiger partial charge in [-0.1, -0.05) is 18.2 Å². The fraction of sp³-hybridized carbons (Fsp3) is 0.143. The molecule has 0 aliphatic heterocycles. The number of hydrogen-bond donors (Lipinski definition) is 0. The van der Waals surface area contributed by atoms with Crippen molar-refractivity contribution in [2.24, 2.45) is 0 Å². The highest BCUT2D eigenvalue weighted by atomic mass is 16.6. The maximum Gasteiger partial charge on any atom is 0.272 e. The molecule has 0 saturated carbocycles. The Morgan fingerprint density at radius 2 is 1.67 bits per heavy atom. The molecule has 0 aromatic heterocycles. The van der Waals surface area contributed by atoms with Crippen molar-refractivity contribution in [3.8, 4) is 11.5 Å². The minimum Gasteiger partial charge on any atom is -0.457 e. The van der Waals surface area contributed by atoms with Crippen LogP contribution in [-0.4, -0.2) is 4.92 Å². The van der Waals surface area contributed by atoms with Gasteiger partial charge in [0.15, 0.2) is 0 Å². The number of rotatable bonds is 3. The zero-order valence-corrected chi connectivity index (χ0v) is 10.2. The normalized spacial score (nSPS) is 10.1. The Bertz CT molecular complexity index is 579. The number of para-hydroxylation sites is 1. The summed E-state index contributed by atoms with van der Waals surface area (Å²) in [4.78, 5) is 10.4. The third-order valence-electron chi connectivity index (χ3n) is 2.88. The fourth-order valence-corrected chi connectivity index (χ4v) is 1.71. The van der Waals surface area contributed by atoms with Crippen molar-refractivity contribution in [1.82, 2.24) is 0 Å². The van der Waals surface area contributed by atoms with Gasteiger partial charge in [0.25, 0.3) is 5.69 Å². The van der Waals surface area contributed by atoms with Crippen LogP contribution in [0.2, 0.25) is 0 Å². The van der Waals surface area contributed by atoms with Gasteiger partial charge in [0.05, 0.1) is 4.92 Å². The summed E-state index contributed by atoms with van der Waals surface area (Å²) in [6.07, 6.45) is 0. The Morgan fingerprint density at radius 3 is 2.28 bits per heavy atom. The van der Waals surface area contributed by atoms with E-state index in [9.17, 15) is 10.1 Å². The standard InChI is InChI=1S/C14H13NO3/c1-10-11(2)14(9-8-13(10)15(16)17)18-12-6-4-3-5-7-12/h3-9H,1-2H3. The molecule has 0 aliphatic rings. The topological polar surface area (TPSA) is 52.4 Å². The van der Waals surface area contributed by atoms with Gasteiger partial charge in [0, 0.05) is 17.2 Å². The molecule has 0 radical (unpaired) electrons. The van der Waals surface area contributed by atoms with Gasteiger partial charge < -0.3 is 4.74 Å². The predicted octanol–water partition coefficient (Wildman–Crippen LogP) is 4.00. The summed E-state index contributed by atoms with van der Waals surface area (Å²) in [5.41, 5.74) is 1.54. The average molecular weight is 243 g/mol. The summed E-state index contributed by atoms with van der Waals surface area (Å²) in [5, 5.41) is 10.8. The maximum absolute atomic E-state index is 10.8. The highest BCUT2D eigenvalue weighted by Gasteiger charge is 2.15. The second-order valence-corrected chi connectivity index (χ2v) is 4.01. The van der Waals surface area contributed by atoms with Crippen LogP contribution in [0.3, 0.4) is 0 Å². The first-order valence-corrected chi connectivity index (χ1v) is 5.57. The number of benzene rings is 2. The van der Waals surface area contributed by atoms with E-state index in [0.29, 0.717) is 17.1 Å². The molecule has 0 N–H and O–H groups in total. The maximum atomic E-state index is 10.8. The Kier molecular flexibility index (Phi) is 3.28. The van der Waals surface area contributed by atoms with Crippen LogP contribution in [-0.2, 0) is 0 Å². The van der Waals surface area contributed by atoms with Crippen LogP contribution >= 0.6 is 0 Å². The van der Waals surface area contributed by atoms with Crippen molar-refractivity contribution in [2.45, 2.75) is 13.8 Å². The van der Waals surface area contributed by atoms with Crippen LogP contribution in [0.15, 0.2) is 42.5 Å². The minimum absolute atomic E-state index is 0.118. The van der Waals surface area contributed by atoms with Gasteiger partial charge in [-0.2, -0.15) is 0 Å². The molecule has 4 heteroatoms. The number of hydrogen-bond acceptors (Lipinski definition) is 3. The molecule has 0 aliphatic carbocycles. The number of nitro groups is 1. The second-order valence-electron chi connectivity index (χ2n) is 4.01. The smallest absolute Gasteiger partial charge is 0.272 e. The molecule has 0 unspecified atom stereocenters. The highest BCUT2D eigenvalue weighted by molar-refractivity contribution is 5.52. The zero-order valence-electron chi connectivity index (χ0n) is 10.2. The second kappa shape index (κ2) is 4.87. The Balaban J connectivity index is 2.36. The minimum atomic E-state index is -0.380. The quantitative estimate of drug-likeness (QED) is 0.604. The lowest BCUT2D eigenvalue weighted by Gasteiger charge is -2.10. The van der Waals surface area contributed by atoms with Crippen molar-refractivity contribution in [2.75, 3.05) is 0 Å². The number of nitrogens with zero attached hydrogens (tertiary/aromatic N) is 1. The van der Waals surface area contributed by atoms with E-state index in [2.05, 4.69) is 0 Å². The molecule has 18 heavy (non-hydrogen) atoms. The number of nitro benzene ring substituents is 1. The van der Waals surface area contributed by atoms with Gasteiger partial charge in [-0.15, -0.1) is 0 Å². The molecule has 2 aromatic carbocycles. The summed E-state index contributed by atoms with van der Waals surface area (Å²) in [7, 11) is 0. The van der Waals surface area contributed by atoms with Crippen molar-refractivity contribution < 1.29 is 9.66 Å². The summed E-state index contributed by atoms with van der Waals surface area (Å²) in [6, 6.07) is 12.5. The first-order chi connectivity index (χ1) is 8.59. The Morgan fingerprint density at radius 1 is 1.00 bits per heavy atom. The summed E-state index contributed by atoms with van der Waals surface area (Å²) >= 11 is 0. The molecule has 92 valence electrons. The molecule has 0 atom stereocenters. The van der Waals surface area contributed by atoms with Crippen molar-refractivity contribution in [1.29, 1.82) is 0 Å². The van der Waals surface area contributed by atoms with Gasteiger partial charge in [-0.25, -0.2) is 0 Å². The van der Waals surface area contributed by atoms with Crippen LogP contribution in [0.5, 0.6) is 11.5 Å². The van der Waals surface area contributed by atoms with Gasteiger partial charge in [0.2, 0.25) is 0 Å². The summed E-state index contributed by atoms with van der Waals surface area (Å²) in [6.45, 7) is 3.55. The molecule has 0 amide bonds. The average Bonchev–Trinajstić information content (AvgIpc) is 2.36. The predicted molar refractivity (Wildman–Crippen MR) is 69.1 cm³/mol. The Hall–Kier alpha value is -2.36. The lowest BCUT2D eigenvalue weighted by atomic mass is 10.1. The molecule has 2 rings (SSSR count).